The van der Waals surface area contributed by atoms with Gasteiger partial charge in [0.15, 0.2) is 0 Å². The molecule has 1 amide bonds. The molecule has 0 aliphatic heterocycles. The molecule has 0 spiro atoms. The number of hydrogen-bond donors (Lipinski definition) is 3. The highest BCUT2D eigenvalue weighted by Gasteiger charge is 2.17. The van der Waals surface area contributed by atoms with Crippen LogP contribution in [0.25, 0.3) is 0 Å². The van der Waals surface area contributed by atoms with E-state index in [-0.39, 0.29) is 12.5 Å². The lowest BCUT2D eigenvalue weighted by molar-refractivity contribution is -0.123. The Hall–Kier alpha value is -3.99. The van der Waals surface area contributed by atoms with Gasteiger partial charge in [0.1, 0.15) is 0 Å². The molecule has 400 valence electrons. The van der Waals surface area contributed by atoms with Crippen LogP contribution in [-0.4, -0.2) is 34.9 Å². The second kappa shape index (κ2) is 60.3. The smallest absolute Gasteiger partial charge is 0.220 e. The third-order valence-corrected chi connectivity index (χ3v) is 12.2. The summed E-state index contributed by atoms with van der Waals surface area (Å²) in [5, 5.41) is 23.1. The fraction of sp³-hybridized carbons (Fsp3) is 0.597. The van der Waals surface area contributed by atoms with Crippen molar-refractivity contribution in [1.29, 1.82) is 0 Å². The first-order valence-corrected chi connectivity index (χ1v) is 29.2. The lowest BCUT2D eigenvalue weighted by atomic mass is 10.1. The van der Waals surface area contributed by atoms with Crippen molar-refractivity contribution >= 4 is 5.91 Å². The van der Waals surface area contributed by atoms with Gasteiger partial charge in [-0.3, -0.25) is 4.79 Å². The summed E-state index contributed by atoms with van der Waals surface area (Å²) in [6.45, 7) is 4.17. The number of allylic oxidation sites excluding steroid dienone is 25. The highest BCUT2D eigenvalue weighted by molar-refractivity contribution is 5.76. The van der Waals surface area contributed by atoms with Crippen molar-refractivity contribution in [2.45, 2.75) is 251 Å². The number of carbonyl (C=O) groups excluding carboxylic acids is 1. The number of rotatable bonds is 51. The molecule has 0 aliphatic rings. The Morgan fingerprint density at radius 2 is 0.634 bits per heavy atom. The molecule has 0 radical (unpaired) electrons. The minimum Gasteiger partial charge on any atom is -0.394 e. The maximum atomic E-state index is 12.5. The van der Waals surface area contributed by atoms with Crippen LogP contribution in [0.1, 0.15) is 239 Å². The monoisotopic (exact) mass is 976 g/mol. The Balaban J connectivity index is 3.68. The van der Waals surface area contributed by atoms with E-state index in [1.807, 2.05) is 6.08 Å². The summed E-state index contributed by atoms with van der Waals surface area (Å²) in [6, 6.07) is -0.662. The van der Waals surface area contributed by atoms with Gasteiger partial charge in [-0.1, -0.05) is 268 Å². The van der Waals surface area contributed by atoms with Crippen LogP contribution in [0.5, 0.6) is 0 Å². The topological polar surface area (TPSA) is 69.6 Å². The van der Waals surface area contributed by atoms with Crippen LogP contribution in [0.2, 0.25) is 0 Å². The Bertz CT molecular complexity index is 1530. The SMILES string of the molecule is CC/C=C\C/C=C\C/C=C\C/C=C\C/C=C\C/C=C\C/C=C\C/C=C\C/C=C\C/C=C\CCCCCCCCCCC(=O)NC(CO)C(O)/C=C/CC/C=C/CC/C=C/CCCCCCCCCCCC. The van der Waals surface area contributed by atoms with Crippen molar-refractivity contribution < 1.29 is 15.0 Å². The largest absolute Gasteiger partial charge is 0.394 e. The predicted octanol–water partition coefficient (Wildman–Crippen LogP) is 19.7. The summed E-state index contributed by atoms with van der Waals surface area (Å²) in [5.74, 6) is -0.0929. The zero-order chi connectivity index (χ0) is 51.3. The first-order chi connectivity index (χ1) is 35.2. The molecule has 2 atom stereocenters. The standard InChI is InChI=1S/C67H109NO3/c1-3-5-7-9-11-13-15-17-19-21-23-25-26-27-28-29-30-31-32-33-34-35-36-37-38-39-40-41-42-43-45-47-49-51-53-55-57-59-61-63-67(71)68-65(64-69)66(70)62-60-58-56-54-52-50-48-46-44-24-22-20-18-16-14-12-10-8-6-4-2/h5,7,11,13,17,19,23,25,27-28,30-31,33-34,36-37,39-40,42-44,46,52,54,60,62,65-66,69-70H,3-4,6,8-10,12,14-16,18,20-22,24,26,29,32,35,38,41,45,47-51,53,55-59,61,63-64H2,1-2H3,(H,68,71)/b7-5-,13-11-,19-17-,25-23-,28-27-,31-30-,34-33-,37-36-,40-39-,43-42-,46-44+,54-52+,62-60+. The summed E-state index contributed by atoms with van der Waals surface area (Å²) in [6.07, 6.45) is 96.8. The molecule has 3 N–H and O–H groups in total. The molecule has 0 rings (SSSR count). The van der Waals surface area contributed by atoms with E-state index in [0.717, 1.165) is 116 Å². The van der Waals surface area contributed by atoms with Crippen molar-refractivity contribution in [3.05, 3.63) is 158 Å². The summed E-state index contributed by atoms with van der Waals surface area (Å²) in [4.78, 5) is 12.5. The van der Waals surface area contributed by atoms with Gasteiger partial charge in [-0.25, -0.2) is 0 Å². The van der Waals surface area contributed by atoms with Crippen molar-refractivity contribution in [3.63, 3.8) is 0 Å². The summed E-state index contributed by atoms with van der Waals surface area (Å²) in [7, 11) is 0. The minimum absolute atomic E-state index is 0.0929. The first-order valence-electron chi connectivity index (χ1n) is 29.2. The summed E-state index contributed by atoms with van der Waals surface area (Å²) in [5.41, 5.74) is 0. The molecule has 0 aromatic rings. The van der Waals surface area contributed by atoms with Gasteiger partial charge in [0.25, 0.3) is 0 Å². The Labute approximate surface area is 439 Å². The summed E-state index contributed by atoms with van der Waals surface area (Å²) >= 11 is 0. The summed E-state index contributed by atoms with van der Waals surface area (Å²) < 4.78 is 0. The molecule has 0 saturated heterocycles. The van der Waals surface area contributed by atoms with E-state index in [0.29, 0.717) is 6.42 Å². The molecule has 4 heteroatoms. The fourth-order valence-corrected chi connectivity index (χ4v) is 7.83. The molecule has 4 nitrogen and oxygen atoms in total. The average Bonchev–Trinajstić information content (AvgIpc) is 3.37. The van der Waals surface area contributed by atoms with Crippen molar-refractivity contribution in [1.82, 2.24) is 5.32 Å². The second-order valence-corrected chi connectivity index (χ2v) is 19.0. The Morgan fingerprint density at radius 1 is 0.352 bits per heavy atom. The molecule has 71 heavy (non-hydrogen) atoms. The lowest BCUT2D eigenvalue weighted by Crippen LogP contribution is -2.45. The van der Waals surface area contributed by atoms with Gasteiger partial charge in [0.05, 0.1) is 18.8 Å². The number of aliphatic hydroxyl groups excluding tert-OH is 2. The van der Waals surface area contributed by atoms with E-state index >= 15 is 0 Å². The quantitative estimate of drug-likeness (QED) is 0.0420. The number of nitrogens with one attached hydrogen (secondary N) is 1. The van der Waals surface area contributed by atoms with Crippen molar-refractivity contribution in [3.8, 4) is 0 Å². The minimum atomic E-state index is -0.885. The van der Waals surface area contributed by atoms with E-state index in [4.69, 9.17) is 0 Å². The van der Waals surface area contributed by atoms with E-state index in [1.54, 1.807) is 6.08 Å². The second-order valence-electron chi connectivity index (χ2n) is 19.0. The normalized spacial score (nSPS) is 14.0. The number of amides is 1. The lowest BCUT2D eigenvalue weighted by Gasteiger charge is -2.19. The third-order valence-electron chi connectivity index (χ3n) is 12.2. The van der Waals surface area contributed by atoms with Crippen LogP contribution in [0, 0.1) is 0 Å². The van der Waals surface area contributed by atoms with Crippen LogP contribution in [0.15, 0.2) is 158 Å². The van der Waals surface area contributed by atoms with E-state index in [9.17, 15) is 15.0 Å². The van der Waals surface area contributed by atoms with Crippen LogP contribution >= 0.6 is 0 Å². The first kappa shape index (κ1) is 67.0. The third kappa shape index (κ3) is 56.8. The van der Waals surface area contributed by atoms with Gasteiger partial charge in [-0.2, -0.15) is 0 Å². The molecular weight excluding hydrogens is 867 g/mol. The highest BCUT2D eigenvalue weighted by atomic mass is 16.3. The maximum Gasteiger partial charge on any atom is 0.220 e. The molecular formula is C67H109NO3. The molecule has 0 aliphatic carbocycles. The Kier molecular flexibility index (Phi) is 56.9. The number of aliphatic hydroxyl groups is 2. The van der Waals surface area contributed by atoms with Crippen LogP contribution < -0.4 is 5.32 Å². The molecule has 2 unspecified atom stereocenters. The van der Waals surface area contributed by atoms with Crippen LogP contribution in [0.4, 0.5) is 0 Å². The Morgan fingerprint density at radius 3 is 0.986 bits per heavy atom. The molecule has 0 aromatic carbocycles. The van der Waals surface area contributed by atoms with Gasteiger partial charge in [0, 0.05) is 6.42 Å². The van der Waals surface area contributed by atoms with Crippen molar-refractivity contribution in [2.24, 2.45) is 0 Å². The van der Waals surface area contributed by atoms with E-state index in [1.165, 1.54) is 103 Å². The predicted molar refractivity (Wildman–Crippen MR) is 317 cm³/mol. The fourth-order valence-electron chi connectivity index (χ4n) is 7.83. The van der Waals surface area contributed by atoms with Gasteiger partial charge >= 0.3 is 0 Å². The van der Waals surface area contributed by atoms with Crippen LogP contribution in [-0.2, 0) is 4.79 Å². The van der Waals surface area contributed by atoms with Crippen LogP contribution in [0.3, 0.4) is 0 Å². The molecule has 0 bridgehead atoms. The number of carbonyl (C=O) groups is 1. The molecule has 0 saturated carbocycles. The number of hydrogen-bond acceptors (Lipinski definition) is 3. The number of unbranched alkanes of at least 4 members (excludes halogenated alkanes) is 20. The van der Waals surface area contributed by atoms with Gasteiger partial charge in [-0.15, -0.1) is 0 Å². The van der Waals surface area contributed by atoms with E-state index in [2.05, 4.69) is 165 Å². The zero-order valence-corrected chi connectivity index (χ0v) is 45.9. The van der Waals surface area contributed by atoms with Gasteiger partial charge in [0.2, 0.25) is 5.91 Å². The molecule has 0 heterocycles. The maximum absolute atomic E-state index is 12.5. The average molecular weight is 977 g/mol. The highest BCUT2D eigenvalue weighted by Crippen LogP contribution is 2.13. The molecule has 0 aromatic heterocycles. The zero-order valence-electron chi connectivity index (χ0n) is 45.9. The van der Waals surface area contributed by atoms with E-state index < -0.39 is 12.1 Å². The van der Waals surface area contributed by atoms with Gasteiger partial charge in [-0.05, 0) is 122 Å². The van der Waals surface area contributed by atoms with Crippen molar-refractivity contribution in [2.75, 3.05) is 6.61 Å². The van der Waals surface area contributed by atoms with Gasteiger partial charge < -0.3 is 15.5 Å². The molecule has 0 fully saturated rings.